The molecule has 0 aromatic heterocycles. The molecule has 0 heterocycles. The highest BCUT2D eigenvalue weighted by molar-refractivity contribution is 7.99. The zero-order valence-electron chi connectivity index (χ0n) is 8.53. The second-order valence-corrected chi connectivity index (χ2v) is 4.38. The summed E-state index contributed by atoms with van der Waals surface area (Å²) in [6.45, 7) is 2.24. The molecule has 0 atom stereocenters. The number of carbonyl (C=O) groups excluding carboxylic acids is 1. The summed E-state index contributed by atoms with van der Waals surface area (Å²) in [5.41, 5.74) is 0. The van der Waals surface area contributed by atoms with Crippen LogP contribution in [0, 0.1) is 0 Å². The fraction of sp³-hybridized carbons (Fsp3) is 0.364. The minimum absolute atomic E-state index is 0.156. The molecule has 0 aliphatic carbocycles. The van der Waals surface area contributed by atoms with Gasteiger partial charge in [0.15, 0.2) is 0 Å². The monoisotopic (exact) mass is 244 g/mol. The van der Waals surface area contributed by atoms with E-state index in [1.54, 1.807) is 18.7 Å². The molecule has 4 heteroatoms. The summed E-state index contributed by atoms with van der Waals surface area (Å²) in [4.78, 5) is 12.1. The summed E-state index contributed by atoms with van der Waals surface area (Å²) in [6.07, 6.45) is 0.420. The van der Waals surface area contributed by atoms with Gasteiger partial charge in [0.2, 0.25) is 0 Å². The molecule has 2 nitrogen and oxygen atoms in total. The van der Waals surface area contributed by atoms with E-state index in [4.69, 9.17) is 16.3 Å². The maximum atomic E-state index is 11.0. The molecule has 0 saturated carbocycles. The molecular formula is C11H13ClO2S. The summed E-state index contributed by atoms with van der Waals surface area (Å²) in [5, 5.41) is 0.728. The molecule has 0 fully saturated rings. The van der Waals surface area contributed by atoms with Crippen LogP contribution in [-0.2, 0) is 9.53 Å². The van der Waals surface area contributed by atoms with Crippen LogP contribution in [0.2, 0.25) is 5.02 Å². The van der Waals surface area contributed by atoms with Crippen LogP contribution in [0.3, 0.4) is 0 Å². The topological polar surface area (TPSA) is 26.3 Å². The summed E-state index contributed by atoms with van der Waals surface area (Å²) < 4.78 is 4.82. The van der Waals surface area contributed by atoms with E-state index in [0.717, 1.165) is 9.92 Å². The van der Waals surface area contributed by atoms with Gasteiger partial charge in [-0.15, -0.1) is 11.8 Å². The van der Waals surface area contributed by atoms with Crippen LogP contribution in [0.5, 0.6) is 0 Å². The van der Waals surface area contributed by atoms with Gasteiger partial charge in [0.1, 0.15) is 0 Å². The predicted molar refractivity (Wildman–Crippen MR) is 63.4 cm³/mol. The van der Waals surface area contributed by atoms with Gasteiger partial charge in [-0.05, 0) is 19.1 Å². The van der Waals surface area contributed by atoms with E-state index in [1.807, 2.05) is 24.3 Å². The molecule has 0 aliphatic rings. The van der Waals surface area contributed by atoms with Crippen LogP contribution in [0.25, 0.3) is 0 Å². The van der Waals surface area contributed by atoms with Crippen molar-refractivity contribution in [2.24, 2.45) is 0 Å². The van der Waals surface area contributed by atoms with Gasteiger partial charge in [-0.3, -0.25) is 4.79 Å². The Balaban J connectivity index is 2.32. The molecule has 1 aromatic rings. The van der Waals surface area contributed by atoms with Crippen molar-refractivity contribution >= 4 is 29.3 Å². The Kier molecular flexibility index (Phi) is 5.58. The first-order valence-corrected chi connectivity index (χ1v) is 6.13. The Bertz CT molecular complexity index is 328. The van der Waals surface area contributed by atoms with Crippen molar-refractivity contribution < 1.29 is 9.53 Å². The van der Waals surface area contributed by atoms with Gasteiger partial charge < -0.3 is 4.74 Å². The normalized spacial score (nSPS) is 10.0. The number of benzene rings is 1. The number of hydrogen-bond acceptors (Lipinski definition) is 3. The standard InChI is InChI=1S/C11H13ClO2S/c1-2-14-11(13)7-8-15-10-6-4-3-5-9(10)12/h3-6H,2,7-8H2,1H3. The predicted octanol–water partition coefficient (Wildman–Crippen LogP) is 3.39. The third-order valence-corrected chi connectivity index (χ3v) is 3.22. The van der Waals surface area contributed by atoms with Gasteiger partial charge >= 0.3 is 5.97 Å². The molecule has 0 aliphatic heterocycles. The van der Waals surface area contributed by atoms with E-state index in [9.17, 15) is 4.79 Å². The van der Waals surface area contributed by atoms with Crippen molar-refractivity contribution in [1.29, 1.82) is 0 Å². The quantitative estimate of drug-likeness (QED) is 0.587. The van der Waals surface area contributed by atoms with E-state index < -0.39 is 0 Å². The smallest absolute Gasteiger partial charge is 0.306 e. The third kappa shape index (κ3) is 4.58. The van der Waals surface area contributed by atoms with Crippen LogP contribution in [-0.4, -0.2) is 18.3 Å². The molecule has 0 N–H and O–H groups in total. The van der Waals surface area contributed by atoms with Gasteiger partial charge in [0.05, 0.1) is 18.1 Å². The highest BCUT2D eigenvalue weighted by Crippen LogP contribution is 2.26. The molecule has 1 rings (SSSR count). The molecule has 0 saturated heterocycles. The van der Waals surface area contributed by atoms with Gasteiger partial charge in [-0.25, -0.2) is 0 Å². The zero-order valence-corrected chi connectivity index (χ0v) is 10.1. The summed E-state index contributed by atoms with van der Waals surface area (Å²) in [5.74, 6) is 0.541. The number of rotatable bonds is 5. The largest absolute Gasteiger partial charge is 0.466 e. The lowest BCUT2D eigenvalue weighted by atomic mass is 10.4. The lowest BCUT2D eigenvalue weighted by Gasteiger charge is -2.03. The van der Waals surface area contributed by atoms with Crippen molar-refractivity contribution in [3.05, 3.63) is 29.3 Å². The average Bonchev–Trinajstić information content (AvgIpc) is 2.21. The highest BCUT2D eigenvalue weighted by atomic mass is 35.5. The van der Waals surface area contributed by atoms with E-state index in [-0.39, 0.29) is 5.97 Å². The van der Waals surface area contributed by atoms with Crippen LogP contribution < -0.4 is 0 Å². The van der Waals surface area contributed by atoms with Crippen molar-refractivity contribution in [3.8, 4) is 0 Å². The first-order valence-electron chi connectivity index (χ1n) is 4.77. The first-order chi connectivity index (χ1) is 7.24. The van der Waals surface area contributed by atoms with E-state index in [0.29, 0.717) is 18.8 Å². The Morgan fingerprint density at radius 3 is 2.87 bits per heavy atom. The Labute approximate surface area is 99.0 Å². The summed E-state index contributed by atoms with van der Waals surface area (Å²) >= 11 is 7.53. The Morgan fingerprint density at radius 1 is 1.47 bits per heavy atom. The van der Waals surface area contributed by atoms with E-state index in [1.165, 1.54) is 0 Å². The van der Waals surface area contributed by atoms with Crippen molar-refractivity contribution in [2.45, 2.75) is 18.2 Å². The number of hydrogen-bond donors (Lipinski definition) is 0. The molecule has 82 valence electrons. The first kappa shape index (κ1) is 12.4. The van der Waals surface area contributed by atoms with E-state index >= 15 is 0 Å². The molecular weight excluding hydrogens is 232 g/mol. The van der Waals surface area contributed by atoms with Crippen molar-refractivity contribution in [1.82, 2.24) is 0 Å². The minimum Gasteiger partial charge on any atom is -0.466 e. The molecule has 0 bridgehead atoms. The van der Waals surface area contributed by atoms with Gasteiger partial charge in [-0.1, -0.05) is 23.7 Å². The molecule has 0 spiro atoms. The molecule has 15 heavy (non-hydrogen) atoms. The van der Waals surface area contributed by atoms with Crippen LogP contribution >= 0.6 is 23.4 Å². The molecule has 0 amide bonds. The SMILES string of the molecule is CCOC(=O)CCSc1ccccc1Cl. The van der Waals surface area contributed by atoms with Gasteiger partial charge in [0, 0.05) is 10.6 Å². The van der Waals surface area contributed by atoms with Gasteiger partial charge in [0.25, 0.3) is 0 Å². The second kappa shape index (κ2) is 6.75. The van der Waals surface area contributed by atoms with Crippen LogP contribution in [0.4, 0.5) is 0 Å². The lowest BCUT2D eigenvalue weighted by Crippen LogP contribution is -2.04. The number of thioether (sulfide) groups is 1. The number of ether oxygens (including phenoxy) is 1. The Hall–Kier alpha value is -0.670. The van der Waals surface area contributed by atoms with Gasteiger partial charge in [-0.2, -0.15) is 0 Å². The average molecular weight is 245 g/mol. The molecule has 0 radical (unpaired) electrons. The maximum Gasteiger partial charge on any atom is 0.306 e. The number of halogens is 1. The molecule has 0 unspecified atom stereocenters. The van der Waals surface area contributed by atoms with Crippen LogP contribution in [0.1, 0.15) is 13.3 Å². The third-order valence-electron chi connectivity index (χ3n) is 1.71. The highest BCUT2D eigenvalue weighted by Gasteiger charge is 2.03. The fourth-order valence-electron chi connectivity index (χ4n) is 1.04. The fourth-order valence-corrected chi connectivity index (χ4v) is 2.21. The number of esters is 1. The molecule has 1 aromatic carbocycles. The minimum atomic E-state index is -0.156. The van der Waals surface area contributed by atoms with Crippen molar-refractivity contribution in [2.75, 3.05) is 12.4 Å². The number of carbonyl (C=O) groups is 1. The van der Waals surface area contributed by atoms with Crippen molar-refractivity contribution in [3.63, 3.8) is 0 Å². The Morgan fingerprint density at radius 2 is 2.20 bits per heavy atom. The van der Waals surface area contributed by atoms with Crippen LogP contribution in [0.15, 0.2) is 29.2 Å². The van der Waals surface area contributed by atoms with E-state index in [2.05, 4.69) is 0 Å². The zero-order chi connectivity index (χ0) is 11.1. The second-order valence-electron chi connectivity index (χ2n) is 2.83. The summed E-state index contributed by atoms with van der Waals surface area (Å²) in [7, 11) is 0. The summed E-state index contributed by atoms with van der Waals surface area (Å²) in [6, 6.07) is 7.60. The maximum absolute atomic E-state index is 11.0. The lowest BCUT2D eigenvalue weighted by molar-refractivity contribution is -0.142.